The number of anilines is 3. The van der Waals surface area contributed by atoms with E-state index in [9.17, 15) is 0 Å². The average molecular weight is 446 g/mol. The van der Waals surface area contributed by atoms with E-state index in [1.807, 2.05) is 0 Å². The lowest BCUT2D eigenvalue weighted by Gasteiger charge is -2.41. The first kappa shape index (κ1) is 18.3. The topological polar surface area (TPSA) is 3.24 Å². The van der Waals surface area contributed by atoms with E-state index < -0.39 is 0 Å². The van der Waals surface area contributed by atoms with Crippen molar-refractivity contribution in [2.75, 3.05) is 4.90 Å². The molecule has 0 spiro atoms. The zero-order chi connectivity index (χ0) is 22.7. The maximum atomic E-state index is 2.64. The number of hydrogen-bond acceptors (Lipinski definition) is 1. The van der Waals surface area contributed by atoms with Crippen LogP contribution in [0.2, 0.25) is 0 Å². The van der Waals surface area contributed by atoms with Gasteiger partial charge in [-0.05, 0) is 80.1 Å². The van der Waals surface area contributed by atoms with Gasteiger partial charge in [-0.2, -0.15) is 0 Å². The van der Waals surface area contributed by atoms with Crippen LogP contribution >= 0.6 is 0 Å². The molecule has 1 heteroatoms. The normalized spacial score (nSPS) is 14.9. The molecule has 0 amide bonds. The molecule has 1 nitrogen and oxygen atoms in total. The van der Waals surface area contributed by atoms with Crippen molar-refractivity contribution in [2.45, 2.75) is 25.7 Å². The third-order valence-electron chi connectivity index (χ3n) is 8.67. The molecule has 4 aliphatic rings. The molecule has 0 unspecified atom stereocenters. The SMILES string of the molecule is c1ccc2c(c1)Cc1cc3c4c(c1-2)Cc1ccc2c(c1N4c1ccccc1C3)-c1ccccc1C2. The highest BCUT2D eigenvalue weighted by molar-refractivity contribution is 6.01. The second kappa shape index (κ2) is 6.31. The summed E-state index contributed by atoms with van der Waals surface area (Å²) >= 11 is 0. The van der Waals surface area contributed by atoms with Crippen LogP contribution in [-0.2, 0) is 25.7 Å². The fraction of sp³-hybridized carbons (Fsp3) is 0.118. The lowest BCUT2D eigenvalue weighted by atomic mass is 9.80. The van der Waals surface area contributed by atoms with Gasteiger partial charge >= 0.3 is 0 Å². The molecule has 9 rings (SSSR count). The van der Waals surface area contributed by atoms with Crippen molar-refractivity contribution in [3.8, 4) is 22.3 Å². The summed E-state index contributed by atoms with van der Waals surface area (Å²) in [6.07, 6.45) is 4.10. The molecule has 0 atom stereocenters. The van der Waals surface area contributed by atoms with Crippen molar-refractivity contribution < 1.29 is 0 Å². The van der Waals surface area contributed by atoms with Gasteiger partial charge in [0.15, 0.2) is 0 Å². The first-order chi connectivity index (χ1) is 17.3. The maximum Gasteiger partial charge on any atom is 0.0578 e. The summed E-state index contributed by atoms with van der Waals surface area (Å²) in [5.74, 6) is 0. The Morgan fingerprint density at radius 1 is 0.429 bits per heavy atom. The van der Waals surface area contributed by atoms with Gasteiger partial charge in [-0.3, -0.25) is 0 Å². The highest BCUT2D eigenvalue weighted by Gasteiger charge is 2.38. The van der Waals surface area contributed by atoms with Crippen molar-refractivity contribution in [1.82, 2.24) is 0 Å². The van der Waals surface area contributed by atoms with Crippen LogP contribution in [0, 0.1) is 0 Å². The molecule has 0 bridgehead atoms. The number of hydrogen-bond donors (Lipinski definition) is 0. The van der Waals surface area contributed by atoms with Crippen molar-refractivity contribution in [3.05, 3.63) is 136 Å². The van der Waals surface area contributed by atoms with E-state index in [1.165, 1.54) is 83.8 Å². The lowest BCUT2D eigenvalue weighted by Crippen LogP contribution is -2.26. The van der Waals surface area contributed by atoms with E-state index in [-0.39, 0.29) is 0 Å². The molecular weight excluding hydrogens is 422 g/mol. The van der Waals surface area contributed by atoms with Gasteiger partial charge < -0.3 is 4.90 Å². The number of fused-ring (bicyclic) bond motifs is 12. The Bertz CT molecular complexity index is 1760. The van der Waals surface area contributed by atoms with Crippen molar-refractivity contribution >= 4 is 17.1 Å². The molecule has 35 heavy (non-hydrogen) atoms. The van der Waals surface area contributed by atoms with Crippen LogP contribution in [0.25, 0.3) is 22.3 Å². The molecule has 5 aromatic rings. The Labute approximate surface area is 205 Å². The highest BCUT2D eigenvalue weighted by atomic mass is 15.2. The van der Waals surface area contributed by atoms with Crippen LogP contribution in [0.1, 0.15) is 44.5 Å². The van der Waals surface area contributed by atoms with Gasteiger partial charge in [-0.25, -0.2) is 0 Å². The fourth-order valence-electron chi connectivity index (χ4n) is 7.31. The van der Waals surface area contributed by atoms with E-state index in [0.29, 0.717) is 0 Å². The van der Waals surface area contributed by atoms with E-state index in [2.05, 4.69) is 95.9 Å². The molecule has 5 aromatic carbocycles. The Hall–Kier alpha value is -4.10. The summed E-state index contributed by atoms with van der Waals surface area (Å²) in [5, 5.41) is 0. The monoisotopic (exact) mass is 445 g/mol. The molecule has 0 saturated heterocycles. The van der Waals surface area contributed by atoms with Gasteiger partial charge in [0.05, 0.1) is 11.4 Å². The van der Waals surface area contributed by atoms with Crippen LogP contribution in [0.5, 0.6) is 0 Å². The van der Waals surface area contributed by atoms with Gasteiger partial charge in [-0.1, -0.05) is 84.9 Å². The average Bonchev–Trinajstić information content (AvgIpc) is 3.46. The van der Waals surface area contributed by atoms with E-state index in [4.69, 9.17) is 0 Å². The molecule has 164 valence electrons. The molecule has 0 N–H and O–H groups in total. The fourth-order valence-corrected chi connectivity index (χ4v) is 7.31. The molecule has 0 radical (unpaired) electrons. The summed E-state index contributed by atoms with van der Waals surface area (Å²) in [5.41, 5.74) is 21.8. The zero-order valence-electron chi connectivity index (χ0n) is 19.4. The summed E-state index contributed by atoms with van der Waals surface area (Å²) < 4.78 is 0. The largest absolute Gasteiger partial charge is 0.309 e. The molecule has 2 aliphatic heterocycles. The van der Waals surface area contributed by atoms with Crippen LogP contribution < -0.4 is 4.90 Å². The minimum absolute atomic E-state index is 1.00. The van der Waals surface area contributed by atoms with Gasteiger partial charge in [0.25, 0.3) is 0 Å². The summed E-state index contributed by atoms with van der Waals surface area (Å²) in [7, 11) is 0. The first-order valence-corrected chi connectivity index (χ1v) is 12.7. The van der Waals surface area contributed by atoms with Crippen LogP contribution in [0.4, 0.5) is 17.1 Å². The third-order valence-corrected chi connectivity index (χ3v) is 8.67. The van der Waals surface area contributed by atoms with Crippen LogP contribution in [0.15, 0.2) is 91.0 Å². The second-order valence-corrected chi connectivity index (χ2v) is 10.5. The van der Waals surface area contributed by atoms with Crippen LogP contribution in [-0.4, -0.2) is 0 Å². The van der Waals surface area contributed by atoms with E-state index >= 15 is 0 Å². The minimum atomic E-state index is 1.00. The van der Waals surface area contributed by atoms with Crippen LogP contribution in [0.3, 0.4) is 0 Å². The van der Waals surface area contributed by atoms with E-state index in [1.54, 1.807) is 0 Å². The first-order valence-electron chi connectivity index (χ1n) is 12.7. The molecular formula is C34H23N. The van der Waals surface area contributed by atoms with E-state index in [0.717, 1.165) is 25.7 Å². The molecule has 2 heterocycles. The summed E-state index contributed by atoms with van der Waals surface area (Å²) in [6, 6.07) is 34.4. The molecule has 0 aromatic heterocycles. The molecule has 0 saturated carbocycles. The predicted molar refractivity (Wildman–Crippen MR) is 143 cm³/mol. The van der Waals surface area contributed by atoms with Gasteiger partial charge in [0.1, 0.15) is 0 Å². The van der Waals surface area contributed by atoms with Crippen molar-refractivity contribution in [3.63, 3.8) is 0 Å². The quantitative estimate of drug-likeness (QED) is 0.228. The summed E-state index contributed by atoms with van der Waals surface area (Å²) in [6.45, 7) is 0. The third kappa shape index (κ3) is 2.24. The van der Waals surface area contributed by atoms with Gasteiger partial charge in [-0.15, -0.1) is 0 Å². The van der Waals surface area contributed by atoms with Crippen molar-refractivity contribution in [2.24, 2.45) is 0 Å². The smallest absolute Gasteiger partial charge is 0.0578 e. The number of benzene rings is 5. The van der Waals surface area contributed by atoms with Gasteiger partial charge in [0, 0.05) is 24.1 Å². The minimum Gasteiger partial charge on any atom is -0.309 e. The Kier molecular flexibility index (Phi) is 3.29. The summed E-state index contributed by atoms with van der Waals surface area (Å²) in [4.78, 5) is 2.64. The predicted octanol–water partition coefficient (Wildman–Crippen LogP) is 8.11. The number of rotatable bonds is 0. The number of para-hydroxylation sites is 1. The second-order valence-electron chi connectivity index (χ2n) is 10.5. The standard InChI is InChI=1S/C34H23N/c1-4-10-27-21(8-1)16-25-18-26-17-22-9-3-6-12-30(22)35-33(26)29(31(25)27)19-24-14-13-23-15-20-7-2-5-11-28(20)32(23)34(24)35/h1-14,18H,15-17,19H2. The Morgan fingerprint density at radius 2 is 1.06 bits per heavy atom. The molecule has 0 fully saturated rings. The molecule has 2 aliphatic carbocycles. The number of nitrogens with zero attached hydrogens (tertiary/aromatic N) is 1. The highest BCUT2D eigenvalue weighted by Crippen LogP contribution is 2.58. The Morgan fingerprint density at radius 3 is 1.89 bits per heavy atom. The zero-order valence-corrected chi connectivity index (χ0v) is 19.4. The maximum absolute atomic E-state index is 2.64. The Balaban J connectivity index is 1.40. The lowest BCUT2D eigenvalue weighted by molar-refractivity contribution is 1.01. The van der Waals surface area contributed by atoms with Crippen molar-refractivity contribution in [1.29, 1.82) is 0 Å². The van der Waals surface area contributed by atoms with Gasteiger partial charge in [0.2, 0.25) is 0 Å².